The van der Waals surface area contributed by atoms with Crippen LogP contribution >= 0.6 is 0 Å². The van der Waals surface area contributed by atoms with Gasteiger partial charge in [-0.25, -0.2) is 5.84 Å². The number of unbranched alkanes of at least 4 members (excludes halogenated alkanes) is 1. The Morgan fingerprint density at radius 1 is 1.31 bits per heavy atom. The number of hydrogen-bond acceptors (Lipinski definition) is 3. The zero-order valence-electron chi connectivity index (χ0n) is 9.31. The molecule has 0 aliphatic carbocycles. The SMILES string of the molecule is CN(CCCCC(=O)NN)CCC(F)(F)F. The molecule has 0 aromatic heterocycles. The summed E-state index contributed by atoms with van der Waals surface area (Å²) < 4.78 is 35.6. The molecule has 0 saturated heterocycles. The standard InChI is InChI=1S/C9H18F3N3O/c1-15(7-5-9(10,11)12)6-3-2-4-8(16)14-13/h2-7,13H2,1H3,(H,14,16). The quantitative estimate of drug-likeness (QED) is 0.303. The van der Waals surface area contributed by atoms with Gasteiger partial charge in [0, 0.05) is 13.0 Å². The molecular weight excluding hydrogens is 223 g/mol. The van der Waals surface area contributed by atoms with Crippen molar-refractivity contribution in [2.75, 3.05) is 20.1 Å². The van der Waals surface area contributed by atoms with Crippen molar-refractivity contribution < 1.29 is 18.0 Å². The van der Waals surface area contributed by atoms with Gasteiger partial charge in [0.05, 0.1) is 6.42 Å². The van der Waals surface area contributed by atoms with Crippen LogP contribution in [0.5, 0.6) is 0 Å². The number of alkyl halides is 3. The monoisotopic (exact) mass is 241 g/mol. The minimum absolute atomic E-state index is 0.00736. The second kappa shape index (κ2) is 7.45. The minimum Gasteiger partial charge on any atom is -0.306 e. The number of carbonyl (C=O) groups excluding carboxylic acids is 1. The van der Waals surface area contributed by atoms with E-state index in [1.165, 1.54) is 0 Å². The Labute approximate surface area is 92.9 Å². The van der Waals surface area contributed by atoms with Crippen LogP contribution in [0.25, 0.3) is 0 Å². The van der Waals surface area contributed by atoms with Crippen LogP contribution < -0.4 is 11.3 Å². The molecule has 0 aromatic rings. The molecular formula is C9H18F3N3O. The van der Waals surface area contributed by atoms with E-state index in [2.05, 4.69) is 0 Å². The lowest BCUT2D eigenvalue weighted by Gasteiger charge is -2.17. The molecule has 0 aliphatic heterocycles. The minimum atomic E-state index is -4.10. The van der Waals surface area contributed by atoms with Crippen molar-refractivity contribution in [1.82, 2.24) is 10.3 Å². The first-order valence-corrected chi connectivity index (χ1v) is 5.10. The molecule has 0 aliphatic rings. The molecule has 0 aromatic carbocycles. The lowest BCUT2D eigenvalue weighted by molar-refractivity contribution is -0.137. The zero-order valence-corrected chi connectivity index (χ0v) is 9.31. The van der Waals surface area contributed by atoms with Gasteiger partial charge in [-0.1, -0.05) is 0 Å². The highest BCUT2D eigenvalue weighted by Gasteiger charge is 2.26. The molecule has 0 unspecified atom stereocenters. The van der Waals surface area contributed by atoms with E-state index < -0.39 is 12.6 Å². The van der Waals surface area contributed by atoms with Crippen LogP contribution in [0.1, 0.15) is 25.7 Å². The van der Waals surface area contributed by atoms with Crippen molar-refractivity contribution in [2.24, 2.45) is 5.84 Å². The maximum absolute atomic E-state index is 11.9. The van der Waals surface area contributed by atoms with E-state index in [1.54, 1.807) is 11.9 Å². The van der Waals surface area contributed by atoms with Crippen LogP contribution in [0, 0.1) is 0 Å². The van der Waals surface area contributed by atoms with Crippen molar-refractivity contribution in [3.63, 3.8) is 0 Å². The topological polar surface area (TPSA) is 58.4 Å². The van der Waals surface area contributed by atoms with Crippen LogP contribution in [0.3, 0.4) is 0 Å². The average Bonchev–Trinajstić information content (AvgIpc) is 2.20. The first-order chi connectivity index (χ1) is 7.35. The Balaban J connectivity index is 3.44. The Morgan fingerprint density at radius 2 is 1.94 bits per heavy atom. The van der Waals surface area contributed by atoms with E-state index >= 15 is 0 Å². The molecule has 4 nitrogen and oxygen atoms in total. The molecule has 3 N–H and O–H groups in total. The fourth-order valence-corrected chi connectivity index (χ4v) is 1.17. The number of nitrogens with two attached hydrogens (primary N) is 1. The Hall–Kier alpha value is -0.820. The highest BCUT2D eigenvalue weighted by molar-refractivity contribution is 5.74. The largest absolute Gasteiger partial charge is 0.390 e. The van der Waals surface area contributed by atoms with Crippen molar-refractivity contribution in [3.8, 4) is 0 Å². The summed E-state index contributed by atoms with van der Waals surface area (Å²) in [5.41, 5.74) is 2.00. The Morgan fingerprint density at radius 3 is 2.44 bits per heavy atom. The highest BCUT2D eigenvalue weighted by atomic mass is 19.4. The summed E-state index contributed by atoms with van der Waals surface area (Å²) in [4.78, 5) is 12.3. The molecule has 96 valence electrons. The highest BCUT2D eigenvalue weighted by Crippen LogP contribution is 2.19. The number of halogens is 3. The van der Waals surface area contributed by atoms with E-state index in [0.717, 1.165) is 0 Å². The Kier molecular flexibility index (Phi) is 7.07. The van der Waals surface area contributed by atoms with Crippen molar-refractivity contribution in [1.29, 1.82) is 0 Å². The third-order valence-electron chi connectivity index (χ3n) is 2.13. The molecule has 0 bridgehead atoms. The summed E-state index contributed by atoms with van der Waals surface area (Å²) in [7, 11) is 1.63. The third-order valence-corrected chi connectivity index (χ3v) is 2.13. The number of nitrogens with zero attached hydrogens (tertiary/aromatic N) is 1. The predicted molar refractivity (Wildman–Crippen MR) is 54.4 cm³/mol. The number of rotatable bonds is 7. The predicted octanol–water partition coefficient (Wildman–Crippen LogP) is 1.03. The van der Waals surface area contributed by atoms with Crippen LogP contribution in [-0.4, -0.2) is 37.1 Å². The molecule has 0 spiro atoms. The number of amides is 1. The van der Waals surface area contributed by atoms with Gasteiger partial charge in [0.2, 0.25) is 5.91 Å². The summed E-state index contributed by atoms with van der Waals surface area (Å²) in [6, 6.07) is 0. The van der Waals surface area contributed by atoms with Crippen LogP contribution in [-0.2, 0) is 4.79 Å². The lowest BCUT2D eigenvalue weighted by Crippen LogP contribution is -2.30. The van der Waals surface area contributed by atoms with E-state index in [1.807, 2.05) is 5.43 Å². The van der Waals surface area contributed by atoms with Gasteiger partial charge in [-0.05, 0) is 26.4 Å². The van der Waals surface area contributed by atoms with E-state index in [0.29, 0.717) is 25.8 Å². The molecule has 0 radical (unpaired) electrons. The summed E-state index contributed by atoms with van der Waals surface area (Å²) in [6.45, 7) is 0.542. The van der Waals surface area contributed by atoms with Crippen molar-refractivity contribution in [3.05, 3.63) is 0 Å². The van der Waals surface area contributed by atoms with E-state index in [4.69, 9.17) is 5.84 Å². The van der Waals surface area contributed by atoms with Gasteiger partial charge in [0.1, 0.15) is 0 Å². The van der Waals surface area contributed by atoms with Crippen LogP contribution in [0.15, 0.2) is 0 Å². The molecule has 0 atom stereocenters. The van der Waals surface area contributed by atoms with Crippen LogP contribution in [0.4, 0.5) is 13.2 Å². The molecule has 16 heavy (non-hydrogen) atoms. The van der Waals surface area contributed by atoms with Crippen molar-refractivity contribution >= 4 is 5.91 Å². The molecule has 0 fully saturated rings. The summed E-state index contributed by atoms with van der Waals surface area (Å²) in [6.07, 6.45) is -3.29. The summed E-state index contributed by atoms with van der Waals surface area (Å²) in [5, 5.41) is 0. The van der Waals surface area contributed by atoms with Gasteiger partial charge in [0.15, 0.2) is 0 Å². The molecule has 0 saturated carbocycles. The maximum atomic E-state index is 11.9. The van der Waals surface area contributed by atoms with E-state index in [9.17, 15) is 18.0 Å². The summed E-state index contributed by atoms with van der Waals surface area (Å²) >= 11 is 0. The number of nitrogens with one attached hydrogen (secondary N) is 1. The van der Waals surface area contributed by atoms with E-state index in [-0.39, 0.29) is 12.5 Å². The van der Waals surface area contributed by atoms with Crippen LogP contribution in [0.2, 0.25) is 0 Å². The molecule has 0 heterocycles. The number of hydrogen-bond donors (Lipinski definition) is 2. The lowest BCUT2D eigenvalue weighted by atomic mass is 10.2. The van der Waals surface area contributed by atoms with Gasteiger partial charge < -0.3 is 4.90 Å². The third kappa shape index (κ3) is 9.72. The molecule has 0 rings (SSSR count). The van der Waals surface area contributed by atoms with Gasteiger partial charge in [-0.2, -0.15) is 13.2 Å². The van der Waals surface area contributed by atoms with Crippen molar-refractivity contribution in [2.45, 2.75) is 31.9 Å². The Bertz CT molecular complexity index is 209. The van der Waals surface area contributed by atoms with Gasteiger partial charge in [-0.15, -0.1) is 0 Å². The fourth-order valence-electron chi connectivity index (χ4n) is 1.17. The first-order valence-electron chi connectivity index (χ1n) is 5.10. The van der Waals surface area contributed by atoms with Gasteiger partial charge >= 0.3 is 6.18 Å². The average molecular weight is 241 g/mol. The first kappa shape index (κ1) is 15.2. The second-order valence-corrected chi connectivity index (χ2v) is 3.69. The zero-order chi connectivity index (χ0) is 12.6. The second-order valence-electron chi connectivity index (χ2n) is 3.69. The number of hydrazine groups is 1. The smallest absolute Gasteiger partial charge is 0.306 e. The number of carbonyl (C=O) groups is 1. The molecule has 7 heteroatoms. The maximum Gasteiger partial charge on any atom is 0.390 e. The summed E-state index contributed by atoms with van der Waals surface area (Å²) in [5.74, 6) is 4.62. The van der Waals surface area contributed by atoms with Gasteiger partial charge in [-0.3, -0.25) is 10.2 Å². The fraction of sp³-hybridized carbons (Fsp3) is 0.889. The normalized spacial score (nSPS) is 11.9. The molecule has 1 amide bonds. The van der Waals surface area contributed by atoms with Gasteiger partial charge in [0.25, 0.3) is 0 Å².